The molecule has 0 unspecified atom stereocenters. The third-order valence-electron chi connectivity index (χ3n) is 4.00. The zero-order chi connectivity index (χ0) is 11.5. The van der Waals surface area contributed by atoms with E-state index in [1.807, 2.05) is 0 Å². The van der Waals surface area contributed by atoms with Crippen LogP contribution in [0.25, 0.3) is 10.9 Å². The normalized spacial score (nSPS) is 19.1. The Morgan fingerprint density at radius 3 is 2.47 bits per heavy atom. The predicted molar refractivity (Wildman–Crippen MR) is 71.2 cm³/mol. The number of rotatable bonds is 1. The maximum Gasteiger partial charge on any atom is 0.0923 e. The van der Waals surface area contributed by atoms with Crippen molar-refractivity contribution in [2.24, 2.45) is 0 Å². The van der Waals surface area contributed by atoms with E-state index in [0.29, 0.717) is 5.92 Å². The first-order valence-corrected chi connectivity index (χ1v) is 6.88. The summed E-state index contributed by atoms with van der Waals surface area (Å²) >= 11 is 0. The topological polar surface area (TPSA) is 28.7 Å². The number of benzene rings is 1. The van der Waals surface area contributed by atoms with Gasteiger partial charge in [-0.25, -0.2) is 0 Å². The number of aromatic nitrogens is 2. The van der Waals surface area contributed by atoms with Gasteiger partial charge in [0, 0.05) is 17.0 Å². The quantitative estimate of drug-likeness (QED) is 0.770. The highest BCUT2D eigenvalue weighted by molar-refractivity contribution is 5.81. The molecule has 0 spiro atoms. The smallest absolute Gasteiger partial charge is 0.0923 e. The van der Waals surface area contributed by atoms with Crippen molar-refractivity contribution in [3.63, 3.8) is 0 Å². The van der Waals surface area contributed by atoms with Gasteiger partial charge >= 0.3 is 0 Å². The molecule has 1 aromatic heterocycles. The van der Waals surface area contributed by atoms with Crippen LogP contribution in [0.5, 0.6) is 0 Å². The van der Waals surface area contributed by atoms with Gasteiger partial charge in [0.1, 0.15) is 0 Å². The molecule has 1 aliphatic carbocycles. The molecule has 0 amide bonds. The van der Waals surface area contributed by atoms with Crippen LogP contribution < -0.4 is 0 Å². The number of H-pyrrole nitrogens is 1. The molecule has 90 valence electrons. The molecule has 1 aromatic carbocycles. The van der Waals surface area contributed by atoms with Crippen LogP contribution in [0.15, 0.2) is 24.3 Å². The van der Waals surface area contributed by atoms with Crippen molar-refractivity contribution >= 4 is 10.9 Å². The van der Waals surface area contributed by atoms with Gasteiger partial charge in [0.25, 0.3) is 0 Å². The molecule has 1 saturated carbocycles. The molecule has 0 radical (unpaired) electrons. The van der Waals surface area contributed by atoms with E-state index >= 15 is 0 Å². The first-order chi connectivity index (χ1) is 8.45. The summed E-state index contributed by atoms with van der Waals surface area (Å²) in [4.78, 5) is 0. The molecule has 2 aromatic rings. The Hall–Kier alpha value is -1.31. The lowest BCUT2D eigenvalue weighted by Gasteiger charge is -2.18. The zero-order valence-electron chi connectivity index (χ0n) is 10.3. The first kappa shape index (κ1) is 10.8. The van der Waals surface area contributed by atoms with E-state index in [1.54, 1.807) is 0 Å². The zero-order valence-corrected chi connectivity index (χ0v) is 10.3. The molecule has 1 fully saturated rings. The maximum absolute atomic E-state index is 4.42. The Morgan fingerprint density at radius 1 is 0.941 bits per heavy atom. The van der Waals surface area contributed by atoms with E-state index in [2.05, 4.69) is 34.5 Å². The summed E-state index contributed by atoms with van der Waals surface area (Å²) in [5.41, 5.74) is 2.49. The highest BCUT2D eigenvalue weighted by Gasteiger charge is 2.17. The second-order valence-corrected chi connectivity index (χ2v) is 5.20. The van der Waals surface area contributed by atoms with Crippen molar-refractivity contribution in [2.75, 3.05) is 0 Å². The van der Waals surface area contributed by atoms with Crippen LogP contribution in [0.3, 0.4) is 0 Å². The van der Waals surface area contributed by atoms with Crippen LogP contribution in [-0.4, -0.2) is 10.2 Å². The van der Waals surface area contributed by atoms with Gasteiger partial charge in [-0.1, -0.05) is 50.3 Å². The van der Waals surface area contributed by atoms with Gasteiger partial charge < -0.3 is 0 Å². The van der Waals surface area contributed by atoms with Crippen LogP contribution in [0.2, 0.25) is 0 Å². The van der Waals surface area contributed by atoms with Crippen LogP contribution in [0.4, 0.5) is 0 Å². The van der Waals surface area contributed by atoms with Gasteiger partial charge in [0.05, 0.1) is 5.52 Å². The fourth-order valence-electron chi connectivity index (χ4n) is 3.04. The molecule has 1 aliphatic rings. The lowest BCUT2D eigenvalue weighted by Crippen LogP contribution is -2.03. The third-order valence-corrected chi connectivity index (χ3v) is 4.00. The maximum atomic E-state index is 4.42. The average molecular weight is 228 g/mol. The summed E-state index contributed by atoms with van der Waals surface area (Å²) in [6.07, 6.45) is 9.63. The van der Waals surface area contributed by atoms with Gasteiger partial charge in [0.2, 0.25) is 0 Å². The molecule has 1 N–H and O–H groups in total. The molecule has 2 heteroatoms. The SMILES string of the molecule is c1ccc2c(C3CCCCCCC3)[nH]nc2c1. The molecule has 3 rings (SSSR count). The van der Waals surface area contributed by atoms with Crippen LogP contribution >= 0.6 is 0 Å². The van der Waals surface area contributed by atoms with Crippen LogP contribution in [0, 0.1) is 0 Å². The molecule has 2 nitrogen and oxygen atoms in total. The second kappa shape index (κ2) is 4.91. The van der Waals surface area contributed by atoms with Crippen molar-refractivity contribution in [3.05, 3.63) is 30.0 Å². The molecule has 0 bridgehead atoms. The highest BCUT2D eigenvalue weighted by Crippen LogP contribution is 2.33. The molecule has 0 aliphatic heterocycles. The monoisotopic (exact) mass is 228 g/mol. The minimum Gasteiger partial charge on any atom is -0.281 e. The summed E-state index contributed by atoms with van der Waals surface area (Å²) in [6.45, 7) is 0. The predicted octanol–water partition coefficient (Wildman–Crippen LogP) is 4.39. The number of hydrogen-bond donors (Lipinski definition) is 1. The fourth-order valence-corrected chi connectivity index (χ4v) is 3.04. The molecular formula is C15H20N2. The Bertz CT molecular complexity index is 478. The minimum absolute atomic E-state index is 0.697. The van der Waals surface area contributed by atoms with Crippen molar-refractivity contribution in [1.82, 2.24) is 10.2 Å². The summed E-state index contributed by atoms with van der Waals surface area (Å²) in [5.74, 6) is 0.697. The van der Waals surface area contributed by atoms with Gasteiger partial charge in [-0.15, -0.1) is 0 Å². The van der Waals surface area contributed by atoms with Gasteiger partial charge in [-0.05, 0) is 18.9 Å². The molecule has 0 atom stereocenters. The second-order valence-electron chi connectivity index (χ2n) is 5.20. The highest BCUT2D eigenvalue weighted by atomic mass is 15.1. The number of nitrogens with zero attached hydrogens (tertiary/aromatic N) is 1. The van der Waals surface area contributed by atoms with Gasteiger partial charge in [-0.2, -0.15) is 5.10 Å². The Balaban J connectivity index is 1.90. The molecular weight excluding hydrogens is 208 g/mol. The van der Waals surface area contributed by atoms with Crippen LogP contribution in [-0.2, 0) is 0 Å². The van der Waals surface area contributed by atoms with E-state index in [1.165, 1.54) is 56.0 Å². The molecule has 0 saturated heterocycles. The van der Waals surface area contributed by atoms with Crippen molar-refractivity contribution in [2.45, 2.75) is 50.9 Å². The van der Waals surface area contributed by atoms with Crippen molar-refractivity contribution in [3.8, 4) is 0 Å². The Morgan fingerprint density at radius 2 is 1.65 bits per heavy atom. The van der Waals surface area contributed by atoms with E-state index in [4.69, 9.17) is 0 Å². The number of nitrogens with one attached hydrogen (secondary N) is 1. The van der Waals surface area contributed by atoms with Gasteiger partial charge in [0.15, 0.2) is 0 Å². The number of aromatic amines is 1. The van der Waals surface area contributed by atoms with E-state index in [9.17, 15) is 0 Å². The summed E-state index contributed by atoms with van der Waals surface area (Å²) in [7, 11) is 0. The lowest BCUT2D eigenvalue weighted by molar-refractivity contribution is 0.450. The Kier molecular flexibility index (Phi) is 3.12. The fraction of sp³-hybridized carbons (Fsp3) is 0.533. The number of para-hydroxylation sites is 1. The first-order valence-electron chi connectivity index (χ1n) is 6.88. The van der Waals surface area contributed by atoms with Crippen molar-refractivity contribution in [1.29, 1.82) is 0 Å². The summed E-state index contributed by atoms with van der Waals surface area (Å²) in [5, 5.41) is 9.04. The standard InChI is InChI=1S/C15H20N2/c1-2-4-8-12(9-5-3-1)15-13-10-6-7-11-14(13)16-17-15/h6-7,10-12H,1-5,8-9H2,(H,16,17). The third kappa shape index (κ3) is 2.21. The molecule has 1 heterocycles. The van der Waals surface area contributed by atoms with E-state index < -0.39 is 0 Å². The van der Waals surface area contributed by atoms with Gasteiger partial charge in [-0.3, -0.25) is 5.10 Å². The minimum atomic E-state index is 0.697. The largest absolute Gasteiger partial charge is 0.281 e. The van der Waals surface area contributed by atoms with E-state index in [0.717, 1.165) is 5.52 Å². The average Bonchev–Trinajstić information content (AvgIpc) is 2.73. The Labute approximate surface area is 102 Å². The number of hydrogen-bond acceptors (Lipinski definition) is 1. The van der Waals surface area contributed by atoms with Crippen molar-refractivity contribution < 1.29 is 0 Å². The summed E-state index contributed by atoms with van der Waals surface area (Å²) in [6, 6.07) is 8.47. The van der Waals surface area contributed by atoms with Crippen LogP contribution in [0.1, 0.15) is 56.6 Å². The lowest BCUT2D eigenvalue weighted by atomic mass is 9.88. The number of fused-ring (bicyclic) bond motifs is 1. The summed E-state index contributed by atoms with van der Waals surface area (Å²) < 4.78 is 0. The van der Waals surface area contributed by atoms with E-state index in [-0.39, 0.29) is 0 Å². The molecule has 17 heavy (non-hydrogen) atoms.